The minimum Gasteiger partial charge on any atom is -0.352 e. The van der Waals surface area contributed by atoms with Crippen LogP contribution in [0.4, 0.5) is 0 Å². The first kappa shape index (κ1) is 8.52. The Morgan fingerprint density at radius 1 is 1.25 bits per heavy atom. The third kappa shape index (κ3) is 1.38. The van der Waals surface area contributed by atoms with Crippen molar-refractivity contribution in [2.24, 2.45) is 17.8 Å². The molecule has 2 aliphatic heterocycles. The average Bonchev–Trinajstić information content (AvgIpc) is 2.47. The van der Waals surface area contributed by atoms with E-state index in [2.05, 4.69) is 13.8 Å². The lowest BCUT2D eigenvalue weighted by molar-refractivity contribution is -0.151. The lowest BCUT2D eigenvalue weighted by Gasteiger charge is -2.28. The predicted octanol–water partition coefficient (Wildman–Crippen LogP) is 2.04. The minimum absolute atomic E-state index is 0.131. The highest BCUT2D eigenvalue weighted by molar-refractivity contribution is 4.83. The Hall–Kier alpha value is -0.0800. The van der Waals surface area contributed by atoms with E-state index in [1.807, 2.05) is 0 Å². The maximum absolute atomic E-state index is 5.61. The second kappa shape index (κ2) is 3.35. The molecule has 0 amide bonds. The van der Waals surface area contributed by atoms with E-state index in [4.69, 9.17) is 9.47 Å². The highest BCUT2D eigenvalue weighted by Gasteiger charge is 2.40. The van der Waals surface area contributed by atoms with Crippen LogP contribution in [-0.2, 0) is 9.47 Å². The lowest BCUT2D eigenvalue weighted by atomic mass is 9.82. The normalized spacial score (nSPS) is 41.8. The zero-order valence-corrected chi connectivity index (χ0v) is 7.95. The molecule has 12 heavy (non-hydrogen) atoms. The second-order valence-corrected chi connectivity index (χ2v) is 4.29. The van der Waals surface area contributed by atoms with Crippen molar-refractivity contribution in [2.45, 2.75) is 33.0 Å². The van der Waals surface area contributed by atoms with Gasteiger partial charge in [-0.3, -0.25) is 0 Å². The molecule has 0 aromatic rings. The summed E-state index contributed by atoms with van der Waals surface area (Å²) in [5.74, 6) is 2.15. The Bertz CT molecular complexity index is 156. The van der Waals surface area contributed by atoms with Gasteiger partial charge in [0.25, 0.3) is 0 Å². The molecule has 0 N–H and O–H groups in total. The molecule has 2 rings (SSSR count). The second-order valence-electron chi connectivity index (χ2n) is 4.29. The summed E-state index contributed by atoms with van der Waals surface area (Å²) < 4.78 is 11.2. The van der Waals surface area contributed by atoms with Crippen molar-refractivity contribution in [1.29, 1.82) is 0 Å². The topological polar surface area (TPSA) is 18.5 Å². The molecule has 70 valence electrons. The fourth-order valence-corrected chi connectivity index (χ4v) is 2.38. The van der Waals surface area contributed by atoms with Gasteiger partial charge in [-0.1, -0.05) is 13.8 Å². The van der Waals surface area contributed by atoms with Crippen LogP contribution >= 0.6 is 0 Å². The molecular formula is C10H18O2. The van der Waals surface area contributed by atoms with Gasteiger partial charge in [0.15, 0.2) is 6.29 Å². The molecule has 0 spiro atoms. The summed E-state index contributed by atoms with van der Waals surface area (Å²) in [6.07, 6.45) is 2.65. The molecule has 2 saturated heterocycles. The van der Waals surface area contributed by atoms with Gasteiger partial charge in [-0.05, 0) is 24.7 Å². The molecule has 0 bridgehead atoms. The minimum atomic E-state index is 0.131. The molecule has 0 unspecified atom stereocenters. The third-order valence-electron chi connectivity index (χ3n) is 3.17. The van der Waals surface area contributed by atoms with Crippen molar-refractivity contribution >= 4 is 0 Å². The van der Waals surface area contributed by atoms with Crippen LogP contribution in [0.25, 0.3) is 0 Å². The van der Waals surface area contributed by atoms with E-state index in [9.17, 15) is 0 Å². The zero-order valence-electron chi connectivity index (χ0n) is 7.95. The molecule has 2 fully saturated rings. The molecule has 0 saturated carbocycles. The molecule has 2 heteroatoms. The van der Waals surface area contributed by atoms with E-state index in [-0.39, 0.29) is 6.29 Å². The quantitative estimate of drug-likeness (QED) is 0.599. The summed E-state index contributed by atoms with van der Waals surface area (Å²) in [6, 6.07) is 0. The van der Waals surface area contributed by atoms with Gasteiger partial charge in [-0.2, -0.15) is 0 Å². The summed E-state index contributed by atoms with van der Waals surface area (Å²) in [5, 5.41) is 0. The Kier molecular flexibility index (Phi) is 2.37. The summed E-state index contributed by atoms with van der Waals surface area (Å²) in [4.78, 5) is 0. The number of fused-ring (bicyclic) bond motifs is 1. The molecule has 2 aliphatic rings. The van der Waals surface area contributed by atoms with Crippen LogP contribution in [-0.4, -0.2) is 19.5 Å². The maximum Gasteiger partial charge on any atom is 0.160 e. The van der Waals surface area contributed by atoms with Gasteiger partial charge >= 0.3 is 0 Å². The first-order valence-electron chi connectivity index (χ1n) is 5.02. The Morgan fingerprint density at radius 3 is 2.83 bits per heavy atom. The monoisotopic (exact) mass is 170 g/mol. The Labute approximate surface area is 74.2 Å². The van der Waals surface area contributed by atoms with E-state index in [0.717, 1.165) is 25.0 Å². The van der Waals surface area contributed by atoms with E-state index in [1.165, 1.54) is 12.8 Å². The predicted molar refractivity (Wildman–Crippen MR) is 46.7 cm³/mol. The molecule has 0 aliphatic carbocycles. The molecule has 3 atom stereocenters. The van der Waals surface area contributed by atoms with Crippen LogP contribution in [0.5, 0.6) is 0 Å². The van der Waals surface area contributed by atoms with Crippen LogP contribution in [0.15, 0.2) is 0 Å². The summed E-state index contributed by atoms with van der Waals surface area (Å²) >= 11 is 0. The molecule has 0 radical (unpaired) electrons. The number of hydrogen-bond donors (Lipinski definition) is 0. The van der Waals surface area contributed by atoms with Gasteiger partial charge in [-0.25, -0.2) is 0 Å². The zero-order chi connectivity index (χ0) is 8.55. The van der Waals surface area contributed by atoms with Gasteiger partial charge in [0, 0.05) is 12.5 Å². The molecule has 2 heterocycles. The van der Waals surface area contributed by atoms with Gasteiger partial charge in [0.2, 0.25) is 0 Å². The fourth-order valence-electron chi connectivity index (χ4n) is 2.38. The van der Waals surface area contributed by atoms with Gasteiger partial charge in [-0.15, -0.1) is 0 Å². The van der Waals surface area contributed by atoms with Crippen LogP contribution < -0.4 is 0 Å². The number of ether oxygens (including phenoxy) is 2. The first-order chi connectivity index (χ1) is 5.79. The van der Waals surface area contributed by atoms with E-state index < -0.39 is 0 Å². The highest BCUT2D eigenvalue weighted by Crippen LogP contribution is 2.38. The van der Waals surface area contributed by atoms with Crippen LogP contribution in [0.2, 0.25) is 0 Å². The van der Waals surface area contributed by atoms with Crippen LogP contribution in [0, 0.1) is 17.8 Å². The molecule has 0 aromatic carbocycles. The smallest absolute Gasteiger partial charge is 0.160 e. The summed E-state index contributed by atoms with van der Waals surface area (Å²) in [7, 11) is 0. The molecule has 2 nitrogen and oxygen atoms in total. The molecule has 0 aromatic heterocycles. The van der Waals surface area contributed by atoms with E-state index in [0.29, 0.717) is 5.92 Å². The number of hydrogen-bond acceptors (Lipinski definition) is 2. The van der Waals surface area contributed by atoms with Crippen molar-refractivity contribution in [1.82, 2.24) is 0 Å². The maximum atomic E-state index is 5.61. The summed E-state index contributed by atoms with van der Waals surface area (Å²) in [6.45, 7) is 6.37. The van der Waals surface area contributed by atoms with Crippen molar-refractivity contribution in [3.05, 3.63) is 0 Å². The standard InChI is InChI=1S/C10H18O2/c1-7(2)9-6-12-10-8(9)4-3-5-11-10/h7-10H,3-6H2,1-2H3/t8-,9+,10+/m0/s1. The van der Waals surface area contributed by atoms with E-state index >= 15 is 0 Å². The van der Waals surface area contributed by atoms with Crippen LogP contribution in [0.3, 0.4) is 0 Å². The van der Waals surface area contributed by atoms with Gasteiger partial charge in [0.1, 0.15) is 0 Å². The van der Waals surface area contributed by atoms with Crippen molar-refractivity contribution < 1.29 is 9.47 Å². The average molecular weight is 170 g/mol. The van der Waals surface area contributed by atoms with Gasteiger partial charge in [0.05, 0.1) is 6.61 Å². The van der Waals surface area contributed by atoms with Crippen molar-refractivity contribution in [3.8, 4) is 0 Å². The number of rotatable bonds is 1. The van der Waals surface area contributed by atoms with Crippen molar-refractivity contribution in [2.75, 3.05) is 13.2 Å². The Morgan fingerprint density at radius 2 is 2.08 bits per heavy atom. The van der Waals surface area contributed by atoms with Gasteiger partial charge < -0.3 is 9.47 Å². The largest absolute Gasteiger partial charge is 0.352 e. The van der Waals surface area contributed by atoms with Crippen LogP contribution in [0.1, 0.15) is 26.7 Å². The first-order valence-corrected chi connectivity index (χ1v) is 5.02. The third-order valence-corrected chi connectivity index (χ3v) is 3.17. The van der Waals surface area contributed by atoms with E-state index in [1.54, 1.807) is 0 Å². The fraction of sp³-hybridized carbons (Fsp3) is 1.00. The SMILES string of the molecule is CC(C)[C@H]1CO[C@H]2OCCC[C@H]21. The molecular weight excluding hydrogens is 152 g/mol. The highest BCUT2D eigenvalue weighted by atomic mass is 16.7. The lowest BCUT2D eigenvalue weighted by Crippen LogP contribution is -2.30. The Balaban J connectivity index is 2.01. The van der Waals surface area contributed by atoms with Crippen molar-refractivity contribution in [3.63, 3.8) is 0 Å². The summed E-state index contributed by atoms with van der Waals surface area (Å²) in [5.41, 5.74) is 0.